The largest absolute Gasteiger partial charge is 0.466 e. The summed E-state index contributed by atoms with van der Waals surface area (Å²) in [6.07, 6.45) is 56.2. The molecule has 414 valence electrons. The normalized spacial score (nSPS) is 11.2. The highest BCUT2D eigenvalue weighted by atomic mass is 16.6. The Morgan fingerprint density at radius 2 is 0.443 bits per heavy atom. The lowest BCUT2D eigenvalue weighted by atomic mass is 10.0. The summed E-state index contributed by atoms with van der Waals surface area (Å²) in [6.45, 7) is 7.57. The van der Waals surface area contributed by atoms with Crippen molar-refractivity contribution in [2.45, 2.75) is 322 Å². The summed E-state index contributed by atoms with van der Waals surface area (Å²) in [7, 11) is 0. The van der Waals surface area contributed by atoms with Crippen molar-refractivity contribution in [2.24, 2.45) is 0 Å². The summed E-state index contributed by atoms with van der Waals surface area (Å²) in [5.74, 6) is -0.209. The van der Waals surface area contributed by atoms with E-state index in [9.17, 15) is 19.2 Å². The van der Waals surface area contributed by atoms with Crippen molar-refractivity contribution in [3.63, 3.8) is 0 Å². The van der Waals surface area contributed by atoms with E-state index in [1.807, 2.05) is 0 Å². The summed E-state index contributed by atoms with van der Waals surface area (Å²) < 4.78 is 21.4. The molecule has 0 spiro atoms. The van der Waals surface area contributed by atoms with Gasteiger partial charge >= 0.3 is 24.1 Å². The van der Waals surface area contributed by atoms with E-state index >= 15 is 0 Å². The number of rotatable bonds is 57. The second-order valence-corrected chi connectivity index (χ2v) is 20.6. The minimum atomic E-state index is -0.368. The first-order valence-corrected chi connectivity index (χ1v) is 30.6. The molecule has 0 aromatic rings. The van der Waals surface area contributed by atoms with Crippen LogP contribution in [0.15, 0.2) is 0 Å². The van der Waals surface area contributed by atoms with Crippen LogP contribution in [-0.4, -0.2) is 63.6 Å². The van der Waals surface area contributed by atoms with Crippen LogP contribution in [-0.2, 0) is 28.5 Å². The zero-order valence-corrected chi connectivity index (χ0v) is 46.4. The van der Waals surface area contributed by atoms with E-state index in [1.54, 1.807) is 0 Å². The average molecular weight is 994 g/mol. The molecular formula is C60H116N2O8. The Morgan fingerprint density at radius 3 is 0.700 bits per heavy atom. The number of hydrogen-bond donors (Lipinski definition) is 2. The zero-order valence-electron chi connectivity index (χ0n) is 46.4. The Hall–Kier alpha value is -2.52. The van der Waals surface area contributed by atoms with Crippen molar-refractivity contribution < 1.29 is 38.1 Å². The predicted octanol–water partition coefficient (Wildman–Crippen LogP) is 18.3. The number of esters is 2. The van der Waals surface area contributed by atoms with Crippen molar-refractivity contribution in [1.82, 2.24) is 10.6 Å². The van der Waals surface area contributed by atoms with Gasteiger partial charge in [-0.05, 0) is 77.0 Å². The van der Waals surface area contributed by atoms with Crippen LogP contribution in [0.25, 0.3) is 0 Å². The van der Waals surface area contributed by atoms with E-state index < -0.39 is 0 Å². The minimum Gasteiger partial charge on any atom is -0.466 e. The molecule has 0 aromatic carbocycles. The van der Waals surface area contributed by atoms with Crippen molar-refractivity contribution in [2.75, 3.05) is 39.5 Å². The van der Waals surface area contributed by atoms with Gasteiger partial charge in [0.2, 0.25) is 0 Å². The Balaban J connectivity index is 3.33. The molecule has 10 heteroatoms. The summed E-state index contributed by atoms with van der Waals surface area (Å²) >= 11 is 0. The Kier molecular flexibility index (Phi) is 56.9. The van der Waals surface area contributed by atoms with Crippen molar-refractivity contribution in [1.29, 1.82) is 0 Å². The third-order valence-corrected chi connectivity index (χ3v) is 13.7. The number of carbonyl (C=O) groups is 4. The molecule has 0 heterocycles. The highest BCUT2D eigenvalue weighted by molar-refractivity contribution is 5.69. The third kappa shape index (κ3) is 58.1. The third-order valence-electron chi connectivity index (χ3n) is 13.7. The van der Waals surface area contributed by atoms with Gasteiger partial charge in [0, 0.05) is 25.9 Å². The quantitative estimate of drug-likeness (QED) is 0.0350. The molecule has 0 aromatic heterocycles. The van der Waals surface area contributed by atoms with Gasteiger partial charge in [0.15, 0.2) is 0 Å². The Morgan fingerprint density at radius 1 is 0.243 bits per heavy atom. The molecule has 2 N–H and O–H groups in total. The van der Waals surface area contributed by atoms with Gasteiger partial charge in [-0.25, -0.2) is 9.59 Å². The highest BCUT2D eigenvalue weighted by Crippen LogP contribution is 2.16. The number of amides is 2. The van der Waals surface area contributed by atoms with Crippen molar-refractivity contribution in [3.05, 3.63) is 0 Å². The van der Waals surface area contributed by atoms with E-state index in [0.29, 0.717) is 52.4 Å². The summed E-state index contributed by atoms with van der Waals surface area (Å²) in [5, 5.41) is 5.70. The van der Waals surface area contributed by atoms with Crippen molar-refractivity contribution >= 4 is 24.1 Å². The maximum absolute atomic E-state index is 12.1. The van der Waals surface area contributed by atoms with E-state index in [2.05, 4.69) is 24.5 Å². The molecule has 0 atom stereocenters. The fraction of sp³-hybridized carbons (Fsp3) is 0.933. The van der Waals surface area contributed by atoms with E-state index in [0.717, 1.165) is 109 Å². The van der Waals surface area contributed by atoms with Crippen LogP contribution in [0.5, 0.6) is 0 Å². The monoisotopic (exact) mass is 993 g/mol. The lowest BCUT2D eigenvalue weighted by Crippen LogP contribution is -2.25. The topological polar surface area (TPSA) is 129 Å². The second kappa shape index (κ2) is 59.0. The molecule has 70 heavy (non-hydrogen) atoms. The smallest absolute Gasteiger partial charge is 0.407 e. The lowest BCUT2D eigenvalue weighted by molar-refractivity contribution is -0.144. The van der Waals surface area contributed by atoms with Crippen LogP contribution < -0.4 is 10.6 Å². The number of nitrogens with one attached hydrogen (secondary N) is 2. The number of ether oxygens (including phenoxy) is 4. The molecule has 0 aliphatic rings. The standard InChI is InChI=1S/C60H116N2O8/c1-3-5-7-9-11-13-15-17-19-21-22-24-26-28-30-33-41-49-57(63)67-53-45-37-39-48-56-70-60(66)62-52-44-36-32-34-42-50-58(64)68-54-46-38-40-47-55-69-59(65)61-51-43-35-31-29-27-25-23-20-18-16-14-12-10-8-6-4-2/h3-56H2,1-2H3,(H,61,65)(H,62,66). The molecule has 0 saturated heterocycles. The first kappa shape index (κ1) is 67.5. The number of alkyl carbamates (subject to hydrolysis) is 2. The molecule has 0 aliphatic carbocycles. The molecule has 0 saturated carbocycles. The Labute approximate surface area is 432 Å². The second-order valence-electron chi connectivity index (χ2n) is 20.6. The fourth-order valence-electron chi connectivity index (χ4n) is 9.04. The Bertz CT molecular complexity index is 1020. The first-order valence-electron chi connectivity index (χ1n) is 30.6. The van der Waals surface area contributed by atoms with E-state index in [4.69, 9.17) is 18.9 Å². The first-order chi connectivity index (χ1) is 34.5. The average Bonchev–Trinajstić information content (AvgIpc) is 3.35. The molecule has 0 bridgehead atoms. The molecule has 10 nitrogen and oxygen atoms in total. The SMILES string of the molecule is CCCCCCCCCCCCCCCCCCCC(=O)OCCCCCCOC(=O)NCCCCCCCC(=O)OCCCCCCOC(=O)NCCCCCCCCCCCCCCCCCC. The van der Waals surface area contributed by atoms with Crippen LogP contribution in [0, 0.1) is 0 Å². The number of carbonyl (C=O) groups excluding carboxylic acids is 4. The van der Waals surface area contributed by atoms with Crippen LogP contribution >= 0.6 is 0 Å². The zero-order chi connectivity index (χ0) is 50.7. The van der Waals surface area contributed by atoms with Gasteiger partial charge < -0.3 is 29.6 Å². The van der Waals surface area contributed by atoms with Gasteiger partial charge in [-0.3, -0.25) is 9.59 Å². The summed E-state index contributed by atoms with van der Waals surface area (Å²) in [4.78, 5) is 48.0. The van der Waals surface area contributed by atoms with Crippen molar-refractivity contribution in [3.8, 4) is 0 Å². The molecule has 0 rings (SSSR count). The molecule has 0 aliphatic heterocycles. The molecular weight excluding hydrogens is 877 g/mol. The maximum Gasteiger partial charge on any atom is 0.407 e. The fourth-order valence-corrected chi connectivity index (χ4v) is 9.04. The molecule has 0 fully saturated rings. The lowest BCUT2D eigenvalue weighted by Gasteiger charge is -2.08. The van der Waals surface area contributed by atoms with Crippen LogP contribution in [0.4, 0.5) is 9.59 Å². The molecule has 0 radical (unpaired) electrons. The summed E-state index contributed by atoms with van der Waals surface area (Å²) in [6, 6.07) is 0. The van der Waals surface area contributed by atoms with Gasteiger partial charge in [-0.15, -0.1) is 0 Å². The minimum absolute atomic E-state index is 0.0728. The molecule has 2 amide bonds. The summed E-state index contributed by atoms with van der Waals surface area (Å²) in [5.41, 5.74) is 0. The predicted molar refractivity (Wildman–Crippen MR) is 294 cm³/mol. The number of hydrogen-bond acceptors (Lipinski definition) is 8. The van der Waals surface area contributed by atoms with Crippen LogP contribution in [0.2, 0.25) is 0 Å². The van der Waals surface area contributed by atoms with Gasteiger partial charge in [0.25, 0.3) is 0 Å². The van der Waals surface area contributed by atoms with Gasteiger partial charge in [-0.1, -0.05) is 232 Å². The maximum atomic E-state index is 12.1. The van der Waals surface area contributed by atoms with E-state index in [1.165, 1.54) is 186 Å². The number of unbranched alkanes of at least 4 members (excludes halogenated alkanes) is 41. The van der Waals surface area contributed by atoms with Crippen LogP contribution in [0.3, 0.4) is 0 Å². The van der Waals surface area contributed by atoms with Crippen LogP contribution in [0.1, 0.15) is 322 Å². The highest BCUT2D eigenvalue weighted by Gasteiger charge is 2.07. The van der Waals surface area contributed by atoms with Gasteiger partial charge in [0.1, 0.15) is 0 Å². The van der Waals surface area contributed by atoms with Gasteiger partial charge in [-0.2, -0.15) is 0 Å². The molecule has 0 unspecified atom stereocenters. The van der Waals surface area contributed by atoms with Gasteiger partial charge in [0.05, 0.1) is 26.4 Å². The van der Waals surface area contributed by atoms with E-state index in [-0.39, 0.29) is 24.1 Å².